The number of fused-ring (bicyclic) bond motifs is 1. The molecule has 2 aromatic carbocycles. The first-order chi connectivity index (χ1) is 10.8. The molecule has 0 aliphatic carbocycles. The molecule has 8 heteroatoms. The zero-order valence-corrected chi connectivity index (χ0v) is 12.6. The summed E-state index contributed by atoms with van der Waals surface area (Å²) in [5.41, 5.74) is 0.195. The Bertz CT molecular complexity index is 1040. The highest BCUT2D eigenvalue weighted by Crippen LogP contribution is 2.20. The molecule has 5 nitrogen and oxygen atoms in total. The fraction of sp³-hybridized carbons (Fsp3) is 0.0667. The molecule has 0 bridgehead atoms. The van der Waals surface area contributed by atoms with Crippen LogP contribution >= 0.6 is 0 Å². The molecule has 0 aliphatic rings. The zero-order valence-electron chi connectivity index (χ0n) is 11.8. The molecule has 0 atom stereocenters. The van der Waals surface area contributed by atoms with Crippen LogP contribution in [0.5, 0.6) is 0 Å². The second kappa shape index (κ2) is 5.24. The van der Waals surface area contributed by atoms with E-state index in [0.717, 1.165) is 22.5 Å². The number of hydrogen-bond acceptors (Lipinski definition) is 4. The summed E-state index contributed by atoms with van der Waals surface area (Å²) in [4.78, 5) is 12.3. The summed E-state index contributed by atoms with van der Waals surface area (Å²) in [6.07, 6.45) is 2.31. The Morgan fingerprint density at radius 2 is 1.87 bits per heavy atom. The van der Waals surface area contributed by atoms with E-state index in [0.29, 0.717) is 17.0 Å². The van der Waals surface area contributed by atoms with Crippen LogP contribution < -0.4 is 0 Å². The lowest BCUT2D eigenvalue weighted by molar-refractivity contribution is 0.103. The second-order valence-electron chi connectivity index (χ2n) is 4.98. The fourth-order valence-electron chi connectivity index (χ4n) is 2.24. The van der Waals surface area contributed by atoms with Gasteiger partial charge >= 0.3 is 0 Å². The van der Waals surface area contributed by atoms with Gasteiger partial charge in [-0.25, -0.2) is 17.2 Å². The molecule has 1 aromatic heterocycles. The predicted octanol–water partition coefficient (Wildman–Crippen LogP) is 2.35. The van der Waals surface area contributed by atoms with Crippen LogP contribution in [0, 0.1) is 11.6 Å². The van der Waals surface area contributed by atoms with Crippen LogP contribution in [0.25, 0.3) is 10.9 Å². The Labute approximate surface area is 130 Å². The zero-order chi connectivity index (χ0) is 16.8. The number of rotatable bonds is 3. The van der Waals surface area contributed by atoms with Crippen LogP contribution in [0.4, 0.5) is 8.78 Å². The first-order valence-corrected chi connectivity index (χ1v) is 8.30. The van der Waals surface area contributed by atoms with Gasteiger partial charge in [-0.15, -0.1) is 0 Å². The van der Waals surface area contributed by atoms with Crippen LogP contribution in [0.2, 0.25) is 0 Å². The Hall–Kier alpha value is -2.61. The van der Waals surface area contributed by atoms with Crippen molar-refractivity contribution in [1.29, 1.82) is 0 Å². The molecule has 0 amide bonds. The third-order valence-electron chi connectivity index (χ3n) is 3.29. The van der Waals surface area contributed by atoms with Gasteiger partial charge in [0.15, 0.2) is 5.78 Å². The van der Waals surface area contributed by atoms with Gasteiger partial charge in [-0.2, -0.15) is 9.19 Å². The highest BCUT2D eigenvalue weighted by molar-refractivity contribution is 7.89. The first kappa shape index (κ1) is 15.3. The van der Waals surface area contributed by atoms with Crippen LogP contribution in [0.1, 0.15) is 15.9 Å². The normalized spacial score (nSPS) is 11.8. The summed E-state index contributed by atoms with van der Waals surface area (Å²) in [6.45, 7) is 0. The molecule has 0 spiro atoms. The van der Waals surface area contributed by atoms with Crippen molar-refractivity contribution in [3.63, 3.8) is 0 Å². The molecule has 3 aromatic rings. The minimum Gasteiger partial charge on any atom is -0.288 e. The van der Waals surface area contributed by atoms with Gasteiger partial charge in [0, 0.05) is 17.0 Å². The highest BCUT2D eigenvalue weighted by Gasteiger charge is 2.17. The van der Waals surface area contributed by atoms with E-state index >= 15 is 0 Å². The van der Waals surface area contributed by atoms with Crippen LogP contribution in [-0.4, -0.2) is 29.6 Å². The van der Waals surface area contributed by atoms with Gasteiger partial charge in [0.25, 0.3) is 10.0 Å². The minimum atomic E-state index is -3.56. The predicted molar refractivity (Wildman–Crippen MR) is 79.8 cm³/mol. The molecule has 118 valence electrons. The molecule has 0 unspecified atom stereocenters. The molecule has 1 heterocycles. The molecule has 0 saturated carbocycles. The van der Waals surface area contributed by atoms with Gasteiger partial charge in [-0.05, 0) is 30.3 Å². The van der Waals surface area contributed by atoms with E-state index in [1.165, 1.54) is 24.4 Å². The van der Waals surface area contributed by atoms with E-state index in [9.17, 15) is 22.0 Å². The summed E-state index contributed by atoms with van der Waals surface area (Å²) in [6, 6.07) is 6.89. The van der Waals surface area contributed by atoms with E-state index in [1.807, 2.05) is 0 Å². The average molecular weight is 336 g/mol. The molecular formula is C15H10F2N2O3S. The number of carbonyl (C=O) groups excluding carboxylic acids is 1. The standard InChI is InChI=1S/C15H10F2N2O3S/c1-23(21,22)19-14-5-2-9(6-10(14)8-18-19)15(20)12-4-3-11(16)7-13(12)17/h2-8H,1H3. The van der Waals surface area contributed by atoms with Gasteiger partial charge in [0.05, 0.1) is 23.5 Å². The van der Waals surface area contributed by atoms with Crippen molar-refractivity contribution in [2.75, 3.05) is 6.26 Å². The summed E-state index contributed by atoms with van der Waals surface area (Å²) < 4.78 is 50.6. The fourth-order valence-corrected chi connectivity index (χ4v) is 2.99. The summed E-state index contributed by atoms with van der Waals surface area (Å²) >= 11 is 0. The molecule has 0 fully saturated rings. The molecule has 0 saturated heterocycles. The van der Waals surface area contributed by atoms with Crippen LogP contribution in [0.3, 0.4) is 0 Å². The number of nitrogens with zero attached hydrogens (tertiary/aromatic N) is 2. The molecule has 0 radical (unpaired) electrons. The van der Waals surface area contributed by atoms with Gasteiger partial charge in [-0.1, -0.05) is 0 Å². The third-order valence-corrected chi connectivity index (χ3v) is 4.21. The molecule has 23 heavy (non-hydrogen) atoms. The van der Waals surface area contributed by atoms with Gasteiger partial charge in [-0.3, -0.25) is 4.79 Å². The minimum absolute atomic E-state index is 0.149. The highest BCUT2D eigenvalue weighted by atomic mass is 32.2. The Balaban J connectivity index is 2.09. The average Bonchev–Trinajstić information content (AvgIpc) is 2.89. The second-order valence-corrected chi connectivity index (χ2v) is 6.79. The van der Waals surface area contributed by atoms with Crippen molar-refractivity contribution in [2.24, 2.45) is 0 Å². The number of aromatic nitrogens is 2. The van der Waals surface area contributed by atoms with Crippen molar-refractivity contribution in [3.8, 4) is 0 Å². The maximum Gasteiger partial charge on any atom is 0.251 e. The molecule has 0 aliphatic heterocycles. The number of carbonyl (C=O) groups is 1. The van der Waals surface area contributed by atoms with Crippen molar-refractivity contribution >= 4 is 26.7 Å². The van der Waals surface area contributed by atoms with E-state index in [4.69, 9.17) is 0 Å². The van der Waals surface area contributed by atoms with Gasteiger partial charge in [0.1, 0.15) is 11.6 Å². The molecule has 3 rings (SSSR count). The monoisotopic (exact) mass is 336 g/mol. The lowest BCUT2D eigenvalue weighted by atomic mass is 10.0. The number of hydrogen-bond donors (Lipinski definition) is 0. The SMILES string of the molecule is CS(=O)(=O)n1ncc2cc(C(=O)c3ccc(F)cc3F)ccc21. The molecule has 0 N–H and O–H groups in total. The quantitative estimate of drug-likeness (QED) is 0.689. The Morgan fingerprint density at radius 3 is 2.52 bits per heavy atom. The lowest BCUT2D eigenvalue weighted by Gasteiger charge is -2.04. The van der Waals surface area contributed by atoms with Crippen LogP contribution in [0.15, 0.2) is 42.6 Å². The maximum atomic E-state index is 13.7. The molecular weight excluding hydrogens is 326 g/mol. The summed E-state index contributed by atoms with van der Waals surface area (Å²) in [5, 5.41) is 4.18. The maximum absolute atomic E-state index is 13.7. The van der Waals surface area contributed by atoms with Crippen molar-refractivity contribution in [1.82, 2.24) is 9.19 Å². The Kier molecular flexibility index (Phi) is 3.48. The van der Waals surface area contributed by atoms with Crippen molar-refractivity contribution < 1.29 is 22.0 Å². The van der Waals surface area contributed by atoms with Gasteiger partial charge < -0.3 is 0 Å². The van der Waals surface area contributed by atoms with E-state index in [2.05, 4.69) is 5.10 Å². The largest absolute Gasteiger partial charge is 0.288 e. The first-order valence-electron chi connectivity index (χ1n) is 6.45. The number of ketones is 1. The van der Waals surface area contributed by atoms with E-state index < -0.39 is 27.4 Å². The summed E-state index contributed by atoms with van der Waals surface area (Å²) in [7, 11) is -3.56. The van der Waals surface area contributed by atoms with Crippen molar-refractivity contribution in [2.45, 2.75) is 0 Å². The number of halogens is 2. The van der Waals surface area contributed by atoms with Gasteiger partial charge in [0.2, 0.25) is 0 Å². The van der Waals surface area contributed by atoms with Crippen LogP contribution in [-0.2, 0) is 10.0 Å². The smallest absolute Gasteiger partial charge is 0.251 e. The Morgan fingerprint density at radius 1 is 1.13 bits per heavy atom. The lowest BCUT2D eigenvalue weighted by Crippen LogP contribution is -2.11. The summed E-state index contributed by atoms with van der Waals surface area (Å²) in [5.74, 6) is -2.36. The number of benzene rings is 2. The van der Waals surface area contributed by atoms with E-state index in [-0.39, 0.29) is 11.1 Å². The third kappa shape index (κ3) is 2.72. The van der Waals surface area contributed by atoms with Crippen molar-refractivity contribution in [3.05, 3.63) is 65.4 Å². The topological polar surface area (TPSA) is 69.0 Å². The van der Waals surface area contributed by atoms with E-state index in [1.54, 1.807) is 0 Å².